The van der Waals surface area contributed by atoms with Crippen LogP contribution in [-0.2, 0) is 11.0 Å². The molecule has 2 N–H and O–H groups in total. The Morgan fingerprint density at radius 3 is 2.46 bits per heavy atom. The van der Waals surface area contributed by atoms with Crippen molar-refractivity contribution in [2.24, 2.45) is 0 Å². The van der Waals surface area contributed by atoms with E-state index in [0.717, 1.165) is 18.2 Å². The van der Waals surface area contributed by atoms with Gasteiger partial charge in [-0.3, -0.25) is 4.79 Å². The van der Waals surface area contributed by atoms with Crippen LogP contribution >= 0.6 is 0 Å². The second-order valence-corrected chi connectivity index (χ2v) is 4.94. The van der Waals surface area contributed by atoms with Crippen molar-refractivity contribution >= 4 is 11.6 Å². The van der Waals surface area contributed by atoms with E-state index in [0.29, 0.717) is 5.56 Å². The monoisotopic (exact) mass is 339 g/mol. The first-order chi connectivity index (χ1) is 11.3. The smallest absolute Gasteiger partial charge is 0.416 e. The molecule has 128 valence electrons. The summed E-state index contributed by atoms with van der Waals surface area (Å²) in [5.74, 6) is -0.749. The molecule has 1 amide bonds. The van der Waals surface area contributed by atoms with Gasteiger partial charge in [0.05, 0.1) is 17.9 Å². The maximum Gasteiger partial charge on any atom is 0.416 e. The van der Waals surface area contributed by atoms with Gasteiger partial charge in [-0.05, 0) is 30.7 Å². The van der Waals surface area contributed by atoms with Gasteiger partial charge in [-0.25, -0.2) is 0 Å². The molecule has 0 aromatic heterocycles. The summed E-state index contributed by atoms with van der Waals surface area (Å²) in [5, 5.41) is 12.3. The molecule has 0 heterocycles. The SMILES string of the molecule is CCOc1ccc(C(F)(F)F)cc1NC(=O)C(O)c1ccccc1. The minimum Gasteiger partial charge on any atom is -0.492 e. The van der Waals surface area contributed by atoms with Crippen LogP contribution in [0.4, 0.5) is 18.9 Å². The predicted octanol–water partition coefficient (Wildman–Crippen LogP) is 3.78. The van der Waals surface area contributed by atoms with E-state index >= 15 is 0 Å². The van der Waals surface area contributed by atoms with Gasteiger partial charge in [-0.2, -0.15) is 13.2 Å². The fraction of sp³-hybridized carbons (Fsp3) is 0.235. The number of aliphatic hydroxyl groups excluding tert-OH is 1. The fourth-order valence-corrected chi connectivity index (χ4v) is 2.07. The molecule has 0 saturated carbocycles. The van der Waals surface area contributed by atoms with Crippen LogP contribution in [0.1, 0.15) is 24.2 Å². The third-order valence-corrected chi connectivity index (χ3v) is 3.23. The topological polar surface area (TPSA) is 58.6 Å². The van der Waals surface area contributed by atoms with Crippen molar-refractivity contribution in [3.63, 3.8) is 0 Å². The van der Waals surface area contributed by atoms with Crippen molar-refractivity contribution in [3.05, 3.63) is 59.7 Å². The van der Waals surface area contributed by atoms with Gasteiger partial charge in [0, 0.05) is 0 Å². The number of halogens is 3. The molecule has 2 aromatic carbocycles. The summed E-state index contributed by atoms with van der Waals surface area (Å²) in [6, 6.07) is 10.9. The number of rotatable bonds is 5. The van der Waals surface area contributed by atoms with Crippen LogP contribution in [-0.4, -0.2) is 17.6 Å². The third-order valence-electron chi connectivity index (χ3n) is 3.23. The number of carbonyl (C=O) groups excluding carboxylic acids is 1. The highest BCUT2D eigenvalue weighted by atomic mass is 19.4. The number of carbonyl (C=O) groups is 1. The van der Waals surface area contributed by atoms with Crippen LogP contribution in [0, 0.1) is 0 Å². The summed E-state index contributed by atoms with van der Waals surface area (Å²) in [4.78, 5) is 12.1. The summed E-state index contributed by atoms with van der Waals surface area (Å²) in [5.41, 5.74) is -0.734. The Kier molecular flexibility index (Phi) is 5.46. The molecule has 2 rings (SSSR count). The van der Waals surface area contributed by atoms with Crippen LogP contribution < -0.4 is 10.1 Å². The van der Waals surface area contributed by atoms with Crippen LogP contribution in [0.5, 0.6) is 5.75 Å². The summed E-state index contributed by atoms with van der Waals surface area (Å²) < 4.78 is 43.8. The van der Waals surface area contributed by atoms with Crippen molar-refractivity contribution in [2.75, 3.05) is 11.9 Å². The zero-order chi connectivity index (χ0) is 17.7. The Bertz CT molecular complexity index is 702. The van der Waals surface area contributed by atoms with E-state index in [4.69, 9.17) is 4.74 Å². The summed E-state index contributed by atoms with van der Waals surface area (Å²) in [6.45, 7) is 1.89. The predicted molar refractivity (Wildman–Crippen MR) is 82.6 cm³/mol. The lowest BCUT2D eigenvalue weighted by Gasteiger charge is -2.16. The number of hydrogen-bond acceptors (Lipinski definition) is 3. The number of aliphatic hydroxyl groups is 1. The van der Waals surface area contributed by atoms with Crippen LogP contribution in [0.3, 0.4) is 0 Å². The van der Waals surface area contributed by atoms with Crippen molar-refractivity contribution in [1.29, 1.82) is 0 Å². The first-order valence-electron chi connectivity index (χ1n) is 7.21. The van der Waals surface area contributed by atoms with E-state index in [1.807, 2.05) is 0 Å². The number of ether oxygens (including phenoxy) is 1. The van der Waals surface area contributed by atoms with Gasteiger partial charge < -0.3 is 15.2 Å². The molecule has 0 spiro atoms. The molecule has 1 unspecified atom stereocenters. The van der Waals surface area contributed by atoms with Crippen molar-refractivity contribution in [1.82, 2.24) is 0 Å². The molecule has 1 atom stereocenters. The highest BCUT2D eigenvalue weighted by Crippen LogP contribution is 2.35. The van der Waals surface area contributed by atoms with Gasteiger partial charge in [0.2, 0.25) is 0 Å². The van der Waals surface area contributed by atoms with E-state index in [2.05, 4.69) is 5.32 Å². The van der Waals surface area contributed by atoms with Gasteiger partial charge in [0.1, 0.15) is 5.75 Å². The van der Waals surface area contributed by atoms with E-state index < -0.39 is 23.8 Å². The van der Waals surface area contributed by atoms with Gasteiger partial charge >= 0.3 is 6.18 Å². The molecule has 0 bridgehead atoms. The highest BCUT2D eigenvalue weighted by molar-refractivity contribution is 5.96. The molecular formula is C17H16F3NO3. The van der Waals surface area contributed by atoms with E-state index in [9.17, 15) is 23.1 Å². The average molecular weight is 339 g/mol. The number of anilines is 1. The molecule has 4 nitrogen and oxygen atoms in total. The van der Waals surface area contributed by atoms with E-state index in [-0.39, 0.29) is 18.0 Å². The molecule has 24 heavy (non-hydrogen) atoms. The van der Waals surface area contributed by atoms with Crippen molar-refractivity contribution in [2.45, 2.75) is 19.2 Å². The molecule has 0 fully saturated rings. The van der Waals surface area contributed by atoms with Crippen LogP contribution in [0.25, 0.3) is 0 Å². The minimum absolute atomic E-state index is 0.0964. The Morgan fingerprint density at radius 1 is 1.21 bits per heavy atom. The molecule has 0 saturated heterocycles. The maximum atomic E-state index is 12.8. The van der Waals surface area contributed by atoms with Crippen LogP contribution in [0.2, 0.25) is 0 Å². The molecule has 0 aliphatic carbocycles. The summed E-state index contributed by atoms with van der Waals surface area (Å²) in [6.07, 6.45) is -6.06. The second kappa shape index (κ2) is 7.35. The molecule has 0 aliphatic heterocycles. The number of benzene rings is 2. The zero-order valence-corrected chi connectivity index (χ0v) is 12.8. The Labute approximate surface area is 136 Å². The molecule has 0 aliphatic rings. The first kappa shape index (κ1) is 17.8. The van der Waals surface area contributed by atoms with Crippen molar-refractivity contribution < 1.29 is 27.8 Å². The molecule has 0 radical (unpaired) electrons. The van der Waals surface area contributed by atoms with E-state index in [1.54, 1.807) is 37.3 Å². The summed E-state index contributed by atoms with van der Waals surface area (Å²) in [7, 11) is 0. The maximum absolute atomic E-state index is 12.8. The minimum atomic E-state index is -4.55. The number of nitrogens with one attached hydrogen (secondary N) is 1. The fourth-order valence-electron chi connectivity index (χ4n) is 2.07. The van der Waals surface area contributed by atoms with E-state index in [1.165, 1.54) is 0 Å². The normalized spacial score (nSPS) is 12.5. The lowest BCUT2D eigenvalue weighted by Crippen LogP contribution is -2.21. The molecular weight excluding hydrogens is 323 g/mol. The third kappa shape index (κ3) is 4.26. The van der Waals surface area contributed by atoms with Gasteiger partial charge in [-0.1, -0.05) is 30.3 Å². The number of hydrogen-bond donors (Lipinski definition) is 2. The average Bonchev–Trinajstić information content (AvgIpc) is 2.55. The second-order valence-electron chi connectivity index (χ2n) is 4.94. The molecule has 7 heteroatoms. The first-order valence-corrected chi connectivity index (χ1v) is 7.21. The molecule has 2 aromatic rings. The highest BCUT2D eigenvalue weighted by Gasteiger charge is 2.31. The Morgan fingerprint density at radius 2 is 1.88 bits per heavy atom. The van der Waals surface area contributed by atoms with Gasteiger partial charge in [0.25, 0.3) is 5.91 Å². The zero-order valence-electron chi connectivity index (χ0n) is 12.8. The van der Waals surface area contributed by atoms with Crippen molar-refractivity contribution in [3.8, 4) is 5.75 Å². The lowest BCUT2D eigenvalue weighted by molar-refractivity contribution is -0.137. The summed E-state index contributed by atoms with van der Waals surface area (Å²) >= 11 is 0. The van der Waals surface area contributed by atoms with Gasteiger partial charge in [0.15, 0.2) is 6.10 Å². The Balaban J connectivity index is 2.27. The number of amides is 1. The lowest BCUT2D eigenvalue weighted by atomic mass is 10.1. The standard InChI is InChI=1S/C17H16F3NO3/c1-2-24-14-9-8-12(17(18,19)20)10-13(14)21-16(23)15(22)11-6-4-3-5-7-11/h3-10,15,22H,2H2,1H3,(H,21,23). The van der Waals surface area contributed by atoms with Crippen LogP contribution in [0.15, 0.2) is 48.5 Å². The number of alkyl halides is 3. The largest absolute Gasteiger partial charge is 0.492 e. The Hall–Kier alpha value is -2.54. The quantitative estimate of drug-likeness (QED) is 0.872. The van der Waals surface area contributed by atoms with Gasteiger partial charge in [-0.15, -0.1) is 0 Å².